The highest BCUT2D eigenvalue weighted by molar-refractivity contribution is 5.76. The molecule has 3 rings (SSSR count). The Morgan fingerprint density at radius 2 is 2.29 bits per heavy atom. The van der Waals surface area contributed by atoms with Crippen molar-refractivity contribution in [1.82, 2.24) is 29.9 Å². The zero-order valence-electron chi connectivity index (χ0n) is 14.0. The van der Waals surface area contributed by atoms with Crippen LogP contribution in [-0.2, 0) is 11.4 Å². The van der Waals surface area contributed by atoms with Crippen LogP contribution in [0.4, 0.5) is 0 Å². The van der Waals surface area contributed by atoms with Gasteiger partial charge in [0.2, 0.25) is 11.8 Å². The van der Waals surface area contributed by atoms with Gasteiger partial charge in [0.05, 0.1) is 18.4 Å². The summed E-state index contributed by atoms with van der Waals surface area (Å²) in [4.78, 5) is 22.1. The van der Waals surface area contributed by atoms with Crippen LogP contribution in [0.2, 0.25) is 0 Å². The van der Waals surface area contributed by atoms with Gasteiger partial charge < -0.3 is 9.64 Å². The van der Waals surface area contributed by atoms with E-state index in [0.717, 1.165) is 18.7 Å². The van der Waals surface area contributed by atoms with Gasteiger partial charge in [0.15, 0.2) is 0 Å². The number of carbonyl (C=O) groups is 1. The first-order valence-electron chi connectivity index (χ1n) is 8.19. The van der Waals surface area contributed by atoms with Crippen molar-refractivity contribution in [3.05, 3.63) is 30.5 Å². The molecular weight excluding hydrogens is 308 g/mol. The van der Waals surface area contributed by atoms with Crippen LogP contribution < -0.4 is 4.74 Å². The Labute approximate surface area is 140 Å². The number of hydrogen-bond donors (Lipinski definition) is 0. The normalized spacial score (nSPS) is 17.5. The number of carbonyl (C=O) groups excluding carboxylic acids is 1. The predicted molar refractivity (Wildman–Crippen MR) is 86.1 cm³/mol. The number of nitrogens with zero attached hydrogens (tertiary/aromatic N) is 6. The van der Waals surface area contributed by atoms with E-state index in [1.54, 1.807) is 18.6 Å². The maximum Gasteiger partial charge on any atom is 0.232 e. The summed E-state index contributed by atoms with van der Waals surface area (Å²) >= 11 is 0. The SMILES string of the molecule is CC(C)CC(=O)N1CCC(n2cc(COc3cnccn3)nn2)C1. The van der Waals surface area contributed by atoms with E-state index in [4.69, 9.17) is 4.74 Å². The summed E-state index contributed by atoms with van der Waals surface area (Å²) in [6.07, 6.45) is 8.10. The van der Waals surface area contributed by atoms with Crippen LogP contribution >= 0.6 is 0 Å². The average molecular weight is 330 g/mol. The molecule has 1 unspecified atom stereocenters. The summed E-state index contributed by atoms with van der Waals surface area (Å²) in [5.41, 5.74) is 0.729. The third-order valence-corrected chi connectivity index (χ3v) is 3.94. The fraction of sp³-hybridized carbons (Fsp3) is 0.562. The lowest BCUT2D eigenvalue weighted by Gasteiger charge is -2.17. The largest absolute Gasteiger partial charge is 0.470 e. The minimum atomic E-state index is 0.180. The Morgan fingerprint density at radius 1 is 1.42 bits per heavy atom. The molecular formula is C16H22N6O2. The third kappa shape index (κ3) is 4.06. The Balaban J connectivity index is 1.53. The third-order valence-electron chi connectivity index (χ3n) is 3.94. The second-order valence-corrected chi connectivity index (χ2v) is 6.40. The summed E-state index contributed by atoms with van der Waals surface area (Å²) in [7, 11) is 0. The first kappa shape index (κ1) is 16.4. The second kappa shape index (κ2) is 7.37. The molecule has 1 fully saturated rings. The van der Waals surface area contributed by atoms with Gasteiger partial charge >= 0.3 is 0 Å². The Kier molecular flexibility index (Phi) is 5.02. The smallest absolute Gasteiger partial charge is 0.232 e. The van der Waals surface area contributed by atoms with Gasteiger partial charge in [-0.05, 0) is 12.3 Å². The van der Waals surface area contributed by atoms with Crippen molar-refractivity contribution in [1.29, 1.82) is 0 Å². The van der Waals surface area contributed by atoms with Crippen LogP contribution in [-0.4, -0.2) is 48.9 Å². The van der Waals surface area contributed by atoms with E-state index in [9.17, 15) is 4.79 Å². The molecule has 2 aromatic heterocycles. The van der Waals surface area contributed by atoms with Gasteiger partial charge in [-0.3, -0.25) is 9.78 Å². The molecule has 8 heteroatoms. The van der Waals surface area contributed by atoms with Gasteiger partial charge in [0.1, 0.15) is 12.3 Å². The summed E-state index contributed by atoms with van der Waals surface area (Å²) in [6.45, 7) is 5.89. The summed E-state index contributed by atoms with van der Waals surface area (Å²) in [5, 5.41) is 8.31. The molecule has 0 aromatic carbocycles. The Morgan fingerprint density at radius 3 is 3.04 bits per heavy atom. The number of aromatic nitrogens is 5. The molecule has 0 aliphatic carbocycles. The maximum absolute atomic E-state index is 12.1. The highest BCUT2D eigenvalue weighted by Crippen LogP contribution is 2.22. The molecule has 24 heavy (non-hydrogen) atoms. The van der Waals surface area contributed by atoms with Crippen LogP contribution in [0.1, 0.15) is 38.4 Å². The average Bonchev–Trinajstić information content (AvgIpc) is 3.22. The van der Waals surface area contributed by atoms with Crippen LogP contribution in [0.15, 0.2) is 24.8 Å². The van der Waals surface area contributed by atoms with Crippen LogP contribution in [0, 0.1) is 5.92 Å². The zero-order valence-corrected chi connectivity index (χ0v) is 14.0. The van der Waals surface area contributed by atoms with E-state index in [1.807, 2.05) is 15.8 Å². The fourth-order valence-corrected chi connectivity index (χ4v) is 2.73. The summed E-state index contributed by atoms with van der Waals surface area (Å²) < 4.78 is 7.35. The topological polar surface area (TPSA) is 86.0 Å². The van der Waals surface area contributed by atoms with Crippen LogP contribution in [0.5, 0.6) is 5.88 Å². The summed E-state index contributed by atoms with van der Waals surface area (Å²) in [5.74, 6) is 1.06. The predicted octanol–water partition coefficient (Wildman–Crippen LogP) is 1.47. The number of hydrogen-bond acceptors (Lipinski definition) is 6. The van der Waals surface area contributed by atoms with Crippen molar-refractivity contribution in [3.63, 3.8) is 0 Å². The molecule has 1 aliphatic heterocycles. The molecule has 0 radical (unpaired) electrons. The number of likely N-dealkylation sites (tertiary alicyclic amines) is 1. The molecule has 0 saturated carbocycles. The highest BCUT2D eigenvalue weighted by atomic mass is 16.5. The quantitative estimate of drug-likeness (QED) is 0.797. The number of amides is 1. The first-order valence-corrected chi connectivity index (χ1v) is 8.19. The molecule has 0 N–H and O–H groups in total. The van der Waals surface area contributed by atoms with Crippen molar-refractivity contribution in [3.8, 4) is 5.88 Å². The maximum atomic E-state index is 12.1. The second-order valence-electron chi connectivity index (χ2n) is 6.40. The minimum Gasteiger partial charge on any atom is -0.470 e. The first-order chi connectivity index (χ1) is 11.6. The van der Waals surface area contributed by atoms with Gasteiger partial charge in [0, 0.05) is 31.9 Å². The number of ether oxygens (including phenoxy) is 1. The summed E-state index contributed by atoms with van der Waals surface area (Å²) in [6, 6.07) is 0.180. The van der Waals surface area contributed by atoms with Crippen molar-refractivity contribution >= 4 is 5.91 Å². The van der Waals surface area contributed by atoms with Gasteiger partial charge in [-0.15, -0.1) is 5.10 Å². The van der Waals surface area contributed by atoms with Crippen molar-refractivity contribution in [2.24, 2.45) is 5.92 Å². The number of rotatable bonds is 6. The van der Waals surface area contributed by atoms with Gasteiger partial charge in [0.25, 0.3) is 0 Å². The zero-order chi connectivity index (χ0) is 16.9. The molecule has 0 spiro atoms. The molecule has 2 aromatic rings. The molecule has 128 valence electrons. The highest BCUT2D eigenvalue weighted by Gasteiger charge is 2.28. The Bertz CT molecular complexity index is 672. The lowest BCUT2D eigenvalue weighted by Crippen LogP contribution is -2.30. The van der Waals surface area contributed by atoms with Gasteiger partial charge in [-0.25, -0.2) is 9.67 Å². The van der Waals surface area contributed by atoms with Crippen molar-refractivity contribution in [2.75, 3.05) is 13.1 Å². The monoisotopic (exact) mass is 330 g/mol. The molecule has 1 atom stereocenters. The van der Waals surface area contributed by atoms with Gasteiger partial charge in [-0.2, -0.15) is 0 Å². The molecule has 1 saturated heterocycles. The standard InChI is InChI=1S/C16H22N6O2/c1-12(2)7-16(23)21-6-3-14(10-21)22-9-13(19-20-22)11-24-15-8-17-4-5-18-15/h4-5,8-9,12,14H,3,6-7,10-11H2,1-2H3. The van der Waals surface area contributed by atoms with E-state index in [-0.39, 0.29) is 11.9 Å². The van der Waals surface area contributed by atoms with Crippen LogP contribution in [0.3, 0.4) is 0 Å². The minimum absolute atomic E-state index is 0.180. The molecule has 8 nitrogen and oxygen atoms in total. The molecule has 0 bridgehead atoms. The Hall–Kier alpha value is -2.51. The fourth-order valence-electron chi connectivity index (χ4n) is 2.73. The molecule has 1 amide bonds. The lowest BCUT2D eigenvalue weighted by atomic mass is 10.1. The van der Waals surface area contributed by atoms with E-state index in [0.29, 0.717) is 31.4 Å². The van der Waals surface area contributed by atoms with E-state index >= 15 is 0 Å². The van der Waals surface area contributed by atoms with Crippen LogP contribution in [0.25, 0.3) is 0 Å². The van der Waals surface area contributed by atoms with E-state index < -0.39 is 0 Å². The van der Waals surface area contributed by atoms with Gasteiger partial charge in [-0.1, -0.05) is 19.1 Å². The molecule has 3 heterocycles. The molecule has 1 aliphatic rings. The lowest BCUT2D eigenvalue weighted by molar-refractivity contribution is -0.131. The van der Waals surface area contributed by atoms with Crippen molar-refractivity contribution in [2.45, 2.75) is 39.3 Å². The van der Waals surface area contributed by atoms with E-state index in [2.05, 4.69) is 34.1 Å². The van der Waals surface area contributed by atoms with E-state index in [1.165, 1.54) is 0 Å². The van der Waals surface area contributed by atoms with Crippen molar-refractivity contribution < 1.29 is 9.53 Å².